The molecule has 7 nitrogen and oxygen atoms in total. The monoisotopic (exact) mass is 474 g/mol. The second-order valence-electron chi connectivity index (χ2n) is 6.32. The molecule has 0 aliphatic rings. The first-order valence-electron chi connectivity index (χ1n) is 8.96. The summed E-state index contributed by atoms with van der Waals surface area (Å²) in [5, 5.41) is 7.35. The number of halogens is 2. The Morgan fingerprint density at radius 1 is 1.13 bits per heavy atom. The minimum absolute atomic E-state index is 0.0474. The van der Waals surface area contributed by atoms with Crippen LogP contribution in [0.15, 0.2) is 70.7 Å². The maximum Gasteiger partial charge on any atom is 0.228 e. The first-order chi connectivity index (χ1) is 15.0. The van der Waals surface area contributed by atoms with Gasteiger partial charge in [0.1, 0.15) is 11.5 Å². The molecule has 0 aliphatic carbocycles. The number of amides is 1. The first kappa shape index (κ1) is 22.8. The van der Waals surface area contributed by atoms with Crippen molar-refractivity contribution in [3.8, 4) is 11.5 Å². The number of benzene rings is 3. The molecule has 3 rings (SSSR count). The lowest BCUT2D eigenvalue weighted by Crippen LogP contribution is -2.15. The number of nitrogens with one attached hydrogen (secondary N) is 1. The van der Waals surface area contributed by atoms with Crippen molar-refractivity contribution < 1.29 is 14.1 Å². The van der Waals surface area contributed by atoms with Crippen molar-refractivity contribution in [1.29, 1.82) is 0 Å². The number of rotatable bonds is 8. The van der Waals surface area contributed by atoms with Crippen LogP contribution in [0.4, 0.5) is 5.69 Å². The van der Waals surface area contributed by atoms with Crippen LogP contribution in [0.2, 0.25) is 10.0 Å². The molecule has 0 atom stereocenters. The summed E-state index contributed by atoms with van der Waals surface area (Å²) in [5.74, 6) is 0.451. The predicted molar refractivity (Wildman–Crippen MR) is 123 cm³/mol. The largest absolute Gasteiger partial charge is 0.456 e. The molecule has 31 heavy (non-hydrogen) atoms. The number of hydrogen-bond acceptors (Lipinski definition) is 5. The quantitative estimate of drug-likeness (QED) is 0.154. The molecule has 2 N–H and O–H groups in total. The highest BCUT2D eigenvalue weighted by molar-refractivity contribution is 7.93. The van der Waals surface area contributed by atoms with Crippen LogP contribution in [0.5, 0.6) is 11.5 Å². The first-order valence-corrected chi connectivity index (χ1v) is 10.5. The molecule has 0 spiro atoms. The molecule has 0 heterocycles. The van der Waals surface area contributed by atoms with Gasteiger partial charge in [-0.1, -0.05) is 52.6 Å². The Morgan fingerprint density at radius 3 is 2.65 bits per heavy atom. The lowest BCUT2D eigenvalue weighted by molar-refractivity contribution is -0.115. The molecule has 0 fully saturated rings. The lowest BCUT2D eigenvalue weighted by Gasteiger charge is -2.16. The van der Waals surface area contributed by atoms with Crippen LogP contribution in [0.25, 0.3) is 10.4 Å². The number of carbonyl (C=O) groups is 1. The van der Waals surface area contributed by atoms with E-state index in [4.69, 9.17) is 33.5 Å². The lowest BCUT2D eigenvalue weighted by atomic mass is 10.1. The number of azide groups is 1. The van der Waals surface area contributed by atoms with Gasteiger partial charge >= 0.3 is 0 Å². The average molecular weight is 475 g/mol. The topological polar surface area (TPSA) is 107 Å². The van der Waals surface area contributed by atoms with E-state index in [0.717, 1.165) is 0 Å². The van der Waals surface area contributed by atoms with E-state index in [1.165, 1.54) is 0 Å². The zero-order valence-corrected chi connectivity index (χ0v) is 18.3. The third-order valence-corrected chi connectivity index (χ3v) is 5.25. The molecule has 0 saturated carbocycles. The third-order valence-electron chi connectivity index (χ3n) is 4.14. The zero-order valence-electron chi connectivity index (χ0n) is 16.0. The van der Waals surface area contributed by atoms with E-state index in [9.17, 15) is 9.35 Å². The average Bonchev–Trinajstić information content (AvgIpc) is 2.75. The minimum Gasteiger partial charge on any atom is -0.456 e. The fourth-order valence-electron chi connectivity index (χ4n) is 2.81. The molecule has 10 heteroatoms. The fourth-order valence-corrected chi connectivity index (χ4v) is 3.63. The van der Waals surface area contributed by atoms with Crippen LogP contribution in [-0.2, 0) is 17.8 Å². The van der Waals surface area contributed by atoms with E-state index >= 15 is 0 Å². The van der Waals surface area contributed by atoms with Crippen LogP contribution in [0.3, 0.4) is 0 Å². The molecular weight excluding hydrogens is 459 g/mol. The van der Waals surface area contributed by atoms with Crippen molar-refractivity contribution >= 4 is 46.8 Å². The Hall–Kier alpha value is -2.87. The molecule has 0 aromatic heterocycles. The highest BCUT2D eigenvalue weighted by atomic mass is 35.5. The second kappa shape index (κ2) is 10.9. The Bertz CT molecular complexity index is 1150. The van der Waals surface area contributed by atoms with Gasteiger partial charge in [-0.05, 0) is 47.5 Å². The summed E-state index contributed by atoms with van der Waals surface area (Å²) in [5.41, 5.74) is 10.3. The van der Waals surface area contributed by atoms with Gasteiger partial charge in [-0.15, -0.1) is 0 Å². The van der Waals surface area contributed by atoms with Gasteiger partial charge in [0.15, 0.2) is 0 Å². The van der Waals surface area contributed by atoms with E-state index in [-0.39, 0.29) is 18.9 Å². The van der Waals surface area contributed by atoms with Crippen molar-refractivity contribution in [2.24, 2.45) is 5.11 Å². The summed E-state index contributed by atoms with van der Waals surface area (Å²) >= 11 is 12.6. The molecule has 158 valence electrons. The maximum absolute atomic E-state index is 12.5. The van der Waals surface area contributed by atoms with Crippen molar-refractivity contribution in [2.45, 2.75) is 17.9 Å². The number of carbonyl (C=O) groups excluding carboxylic acids is 1. The minimum atomic E-state index is -0.291. The summed E-state index contributed by atoms with van der Waals surface area (Å²) < 4.78 is 15.7. The van der Waals surface area contributed by atoms with E-state index in [1.807, 2.05) is 0 Å². The van der Waals surface area contributed by atoms with Gasteiger partial charge in [-0.2, -0.15) is 0 Å². The fraction of sp³-hybridized carbons (Fsp3) is 0.0952. The highest BCUT2D eigenvalue weighted by Crippen LogP contribution is 2.38. The Balaban J connectivity index is 1.90. The molecule has 0 aliphatic heterocycles. The van der Waals surface area contributed by atoms with Crippen molar-refractivity contribution in [2.75, 3.05) is 5.32 Å². The Morgan fingerprint density at radius 2 is 1.94 bits per heavy atom. The van der Waals surface area contributed by atoms with Crippen LogP contribution < -0.4 is 10.1 Å². The summed E-state index contributed by atoms with van der Waals surface area (Å²) in [7, 11) is 0. The molecule has 0 saturated heterocycles. The van der Waals surface area contributed by atoms with Crippen molar-refractivity contribution in [1.82, 2.24) is 0 Å². The maximum atomic E-state index is 12.5. The van der Waals surface area contributed by atoms with Crippen LogP contribution in [0.1, 0.15) is 11.1 Å². The summed E-state index contributed by atoms with van der Waals surface area (Å²) in [6.45, 7) is -0.0474. The number of hydrogen-bond donors (Lipinski definition) is 2. The van der Waals surface area contributed by atoms with Gasteiger partial charge in [0.05, 0.1) is 17.9 Å². The third kappa shape index (κ3) is 6.30. The summed E-state index contributed by atoms with van der Waals surface area (Å²) in [6, 6.07) is 17.0. The SMILES string of the molecule is [N-]=[N+]=NCc1cc(NC(=O)Cc2ccccc2Cl)cc(SO)c1Oc1cccc(Cl)c1. The molecule has 0 radical (unpaired) electrons. The van der Waals surface area contributed by atoms with E-state index in [0.29, 0.717) is 55.3 Å². The second-order valence-corrected chi connectivity index (χ2v) is 7.78. The highest BCUT2D eigenvalue weighted by Gasteiger charge is 2.16. The number of anilines is 1. The molecule has 0 unspecified atom stereocenters. The summed E-state index contributed by atoms with van der Waals surface area (Å²) in [6.07, 6.45) is 0.0771. The van der Waals surface area contributed by atoms with Crippen LogP contribution in [-0.4, -0.2) is 10.5 Å². The number of ether oxygens (including phenoxy) is 1. The predicted octanol–water partition coefficient (Wildman–Crippen LogP) is 7.34. The van der Waals surface area contributed by atoms with Gasteiger partial charge in [-0.25, -0.2) is 0 Å². The van der Waals surface area contributed by atoms with Crippen molar-refractivity contribution in [3.05, 3.63) is 92.3 Å². The molecule has 3 aromatic carbocycles. The normalized spacial score (nSPS) is 10.3. The Labute approximate surface area is 192 Å². The zero-order chi connectivity index (χ0) is 22.2. The van der Waals surface area contributed by atoms with Gasteiger partial charge in [0.25, 0.3) is 0 Å². The van der Waals surface area contributed by atoms with Crippen LogP contribution in [0, 0.1) is 0 Å². The van der Waals surface area contributed by atoms with Gasteiger partial charge in [0.2, 0.25) is 5.91 Å². The molecule has 3 aromatic rings. The van der Waals surface area contributed by atoms with E-state index in [2.05, 4.69) is 15.3 Å². The molecular formula is C21H16Cl2N4O3S. The molecule has 0 bridgehead atoms. The van der Waals surface area contributed by atoms with Crippen LogP contribution >= 0.6 is 35.2 Å². The smallest absolute Gasteiger partial charge is 0.228 e. The standard InChI is InChI=1S/C21H16Cl2N4O3S/c22-15-5-3-6-17(10-15)30-21-14(12-25-27-24)8-16(11-19(21)31-29)26-20(28)9-13-4-1-2-7-18(13)23/h1-8,10-11,29H,9,12H2,(H,26,28). The van der Waals surface area contributed by atoms with E-state index < -0.39 is 0 Å². The van der Waals surface area contributed by atoms with Crippen molar-refractivity contribution in [3.63, 3.8) is 0 Å². The van der Waals surface area contributed by atoms with Gasteiger partial charge in [0, 0.05) is 38.3 Å². The summed E-state index contributed by atoms with van der Waals surface area (Å²) in [4.78, 5) is 15.6. The number of nitrogens with zero attached hydrogens (tertiary/aromatic N) is 3. The molecule has 1 amide bonds. The van der Waals surface area contributed by atoms with E-state index in [1.54, 1.807) is 60.7 Å². The Kier molecular flexibility index (Phi) is 8.06. The van der Waals surface area contributed by atoms with Gasteiger partial charge in [-0.3, -0.25) is 4.79 Å². The van der Waals surface area contributed by atoms with Gasteiger partial charge < -0.3 is 14.6 Å².